The molecular weight excluding hydrogens is 742 g/mol. The molecule has 278 valence electrons. The zero-order valence-electron chi connectivity index (χ0n) is 30.1. The van der Waals surface area contributed by atoms with E-state index in [1.165, 1.54) is 52.9 Å². The smallest absolute Gasteiger partial charge is 0.272 e. The monoisotopic (exact) mass is 777 g/mol. The second kappa shape index (κ2) is 17.9. The highest BCUT2D eigenvalue weighted by Crippen LogP contribution is 2.41. The third-order valence-corrected chi connectivity index (χ3v) is 11.5. The number of rotatable bonds is 12. The lowest BCUT2D eigenvalue weighted by atomic mass is 10.0. The van der Waals surface area contributed by atoms with Gasteiger partial charge in [0.2, 0.25) is 5.91 Å². The number of nitrogens with one attached hydrogen (secondary N) is 3. The molecule has 1 aliphatic heterocycles. The molecule has 0 bridgehead atoms. The number of thioether (sulfide) groups is 1. The normalized spacial score (nSPS) is 13.2. The Kier molecular flexibility index (Phi) is 12.1. The maximum absolute atomic E-state index is 14.7. The summed E-state index contributed by atoms with van der Waals surface area (Å²) in [7, 11) is 0. The summed E-state index contributed by atoms with van der Waals surface area (Å²) in [6.45, 7) is 2.32. The van der Waals surface area contributed by atoms with Gasteiger partial charge in [-0.25, -0.2) is 4.39 Å². The number of carbonyl (C=O) groups excluding carboxylic acids is 3. The number of fused-ring (bicyclic) bond motifs is 1. The largest absolute Gasteiger partial charge is 0.321 e. The standard InChI is InChI=1S/C45H36FN5O3S2/c46-38-22-11-10-19-33(38)25-39(49-42(52)32-17-8-3-9-18-32)43(53)48-34-20-12-21-35(26-34)55-41(31-15-6-2-7-16-31)44(54)50-45-37(27-47)36-23-24-51(29-40(36)56-45)28-30-13-4-1-5-14-30/h1-22,25-26,41H,23-24,28-29H2,(H,48,53)(H,49,52)(H,50,54)/b39-25-. The van der Waals surface area contributed by atoms with Crippen molar-refractivity contribution in [1.82, 2.24) is 10.2 Å². The first-order valence-electron chi connectivity index (χ1n) is 17.9. The number of hydrogen-bond acceptors (Lipinski definition) is 7. The second-order valence-electron chi connectivity index (χ2n) is 13.0. The van der Waals surface area contributed by atoms with E-state index in [0.717, 1.165) is 35.5 Å². The highest BCUT2D eigenvalue weighted by atomic mass is 32.2. The molecule has 8 nitrogen and oxygen atoms in total. The Morgan fingerprint density at radius 2 is 1.55 bits per heavy atom. The fraction of sp³-hybridized carbons (Fsp3) is 0.111. The van der Waals surface area contributed by atoms with E-state index in [0.29, 0.717) is 33.3 Å². The average Bonchev–Trinajstić information content (AvgIpc) is 3.57. The van der Waals surface area contributed by atoms with Crippen molar-refractivity contribution in [2.24, 2.45) is 0 Å². The Balaban J connectivity index is 1.10. The molecule has 7 rings (SSSR count). The predicted octanol–water partition coefficient (Wildman–Crippen LogP) is 9.20. The van der Waals surface area contributed by atoms with Crippen LogP contribution in [-0.2, 0) is 29.1 Å². The van der Waals surface area contributed by atoms with Crippen LogP contribution in [0.15, 0.2) is 150 Å². The fourth-order valence-corrected chi connectivity index (χ4v) is 8.72. The van der Waals surface area contributed by atoms with Gasteiger partial charge in [0.25, 0.3) is 11.8 Å². The zero-order chi connectivity index (χ0) is 38.9. The second-order valence-corrected chi connectivity index (χ2v) is 15.3. The highest BCUT2D eigenvalue weighted by Gasteiger charge is 2.28. The van der Waals surface area contributed by atoms with Gasteiger partial charge in [0.15, 0.2) is 0 Å². The molecule has 0 radical (unpaired) electrons. The van der Waals surface area contributed by atoms with Crippen LogP contribution in [0.25, 0.3) is 6.08 Å². The lowest BCUT2D eigenvalue weighted by Crippen LogP contribution is -2.30. The SMILES string of the molecule is N#Cc1c(NC(=O)C(Sc2cccc(NC(=O)/C(=C/c3ccccc3F)NC(=O)c3ccccc3)c2)c2ccccc2)sc2c1CCN(Cc1ccccc1)C2. The molecule has 0 spiro atoms. The van der Waals surface area contributed by atoms with Crippen molar-refractivity contribution in [2.45, 2.75) is 29.7 Å². The van der Waals surface area contributed by atoms with Gasteiger partial charge < -0.3 is 16.0 Å². The Bertz CT molecular complexity index is 2430. The molecule has 6 aromatic rings. The van der Waals surface area contributed by atoms with Gasteiger partial charge in [0.05, 0.1) is 5.56 Å². The van der Waals surface area contributed by atoms with Gasteiger partial charge in [-0.05, 0) is 65.6 Å². The van der Waals surface area contributed by atoms with E-state index in [2.05, 4.69) is 39.1 Å². The van der Waals surface area contributed by atoms with Gasteiger partial charge in [-0.3, -0.25) is 19.3 Å². The fourth-order valence-electron chi connectivity index (χ4n) is 6.39. The lowest BCUT2D eigenvalue weighted by Gasteiger charge is -2.26. The van der Waals surface area contributed by atoms with Gasteiger partial charge >= 0.3 is 0 Å². The molecule has 1 unspecified atom stereocenters. The molecule has 1 atom stereocenters. The summed E-state index contributed by atoms with van der Waals surface area (Å²) < 4.78 is 14.7. The van der Waals surface area contributed by atoms with Gasteiger partial charge in [0, 0.05) is 46.2 Å². The number of hydrogen-bond donors (Lipinski definition) is 3. The van der Waals surface area contributed by atoms with E-state index in [1.807, 2.05) is 54.6 Å². The summed E-state index contributed by atoms with van der Waals surface area (Å²) in [4.78, 5) is 45.1. The molecule has 1 aliphatic rings. The van der Waals surface area contributed by atoms with Crippen LogP contribution in [0.5, 0.6) is 0 Å². The third kappa shape index (κ3) is 9.30. The maximum Gasteiger partial charge on any atom is 0.272 e. The van der Waals surface area contributed by atoms with Crippen LogP contribution in [-0.4, -0.2) is 29.2 Å². The predicted molar refractivity (Wildman–Crippen MR) is 220 cm³/mol. The number of carbonyl (C=O) groups is 3. The minimum absolute atomic E-state index is 0.127. The van der Waals surface area contributed by atoms with Crippen molar-refractivity contribution in [3.8, 4) is 6.07 Å². The topological polar surface area (TPSA) is 114 Å². The van der Waals surface area contributed by atoms with E-state index in [9.17, 15) is 24.0 Å². The maximum atomic E-state index is 14.7. The molecule has 3 N–H and O–H groups in total. The molecule has 0 saturated carbocycles. The van der Waals surface area contributed by atoms with Crippen LogP contribution < -0.4 is 16.0 Å². The Morgan fingerprint density at radius 1 is 0.857 bits per heavy atom. The highest BCUT2D eigenvalue weighted by molar-refractivity contribution is 8.00. The van der Waals surface area contributed by atoms with Crippen molar-refractivity contribution in [3.05, 3.63) is 189 Å². The lowest BCUT2D eigenvalue weighted by molar-refractivity contribution is -0.116. The molecule has 56 heavy (non-hydrogen) atoms. The molecule has 5 aromatic carbocycles. The van der Waals surface area contributed by atoms with Crippen molar-refractivity contribution >= 4 is 57.6 Å². The summed E-state index contributed by atoms with van der Waals surface area (Å²) in [5.41, 5.74) is 4.20. The first kappa shape index (κ1) is 38.0. The molecule has 0 fully saturated rings. The summed E-state index contributed by atoms with van der Waals surface area (Å²) in [5, 5.41) is 18.6. The Labute approximate surface area is 332 Å². The van der Waals surface area contributed by atoms with E-state index < -0.39 is 22.9 Å². The molecule has 3 amide bonds. The number of benzene rings is 5. The molecular formula is C45H36FN5O3S2. The number of nitrogens with zero attached hydrogens (tertiary/aromatic N) is 2. The van der Waals surface area contributed by atoms with Crippen LogP contribution in [0.3, 0.4) is 0 Å². The summed E-state index contributed by atoms with van der Waals surface area (Å²) in [5.74, 6) is -2.03. The summed E-state index contributed by atoms with van der Waals surface area (Å²) in [6.07, 6.45) is 2.01. The number of thiophene rings is 1. The van der Waals surface area contributed by atoms with Crippen LogP contribution in [0.1, 0.15) is 48.3 Å². The van der Waals surface area contributed by atoms with Crippen molar-refractivity contribution in [1.29, 1.82) is 5.26 Å². The van der Waals surface area contributed by atoms with Crippen LogP contribution >= 0.6 is 23.1 Å². The summed E-state index contributed by atoms with van der Waals surface area (Å²) in [6, 6.07) is 43.4. The van der Waals surface area contributed by atoms with E-state index in [-0.39, 0.29) is 17.2 Å². The molecule has 11 heteroatoms. The molecule has 0 aliphatic carbocycles. The molecule has 0 saturated heterocycles. The van der Waals surface area contributed by atoms with Crippen molar-refractivity contribution in [2.75, 3.05) is 17.2 Å². The van der Waals surface area contributed by atoms with E-state index >= 15 is 0 Å². The third-order valence-electron chi connectivity index (χ3n) is 9.15. The number of anilines is 2. The van der Waals surface area contributed by atoms with Crippen molar-refractivity contribution in [3.63, 3.8) is 0 Å². The van der Waals surface area contributed by atoms with Crippen LogP contribution in [0, 0.1) is 17.1 Å². The number of nitriles is 1. The first-order chi connectivity index (χ1) is 27.3. The van der Waals surface area contributed by atoms with E-state index in [4.69, 9.17) is 0 Å². The van der Waals surface area contributed by atoms with E-state index in [1.54, 1.807) is 54.6 Å². The first-order valence-corrected chi connectivity index (χ1v) is 19.6. The van der Waals surface area contributed by atoms with Crippen LogP contribution in [0.2, 0.25) is 0 Å². The zero-order valence-corrected chi connectivity index (χ0v) is 31.7. The average molecular weight is 778 g/mol. The van der Waals surface area contributed by atoms with Crippen LogP contribution in [0.4, 0.5) is 15.1 Å². The van der Waals surface area contributed by atoms with Gasteiger partial charge in [0.1, 0.15) is 27.8 Å². The molecule has 1 aromatic heterocycles. The van der Waals surface area contributed by atoms with Gasteiger partial charge in [-0.15, -0.1) is 23.1 Å². The quantitative estimate of drug-likeness (QED) is 0.0844. The van der Waals surface area contributed by atoms with Gasteiger partial charge in [-0.2, -0.15) is 5.26 Å². The Morgan fingerprint density at radius 3 is 2.29 bits per heavy atom. The number of amides is 3. The Hall–Kier alpha value is -6.32. The van der Waals surface area contributed by atoms with Gasteiger partial charge in [-0.1, -0.05) is 103 Å². The number of halogens is 1. The summed E-state index contributed by atoms with van der Waals surface area (Å²) >= 11 is 2.75. The van der Waals surface area contributed by atoms with Crippen molar-refractivity contribution < 1.29 is 18.8 Å². The minimum Gasteiger partial charge on any atom is -0.321 e. The molecule has 2 heterocycles. The minimum atomic E-state index is -0.705.